The summed E-state index contributed by atoms with van der Waals surface area (Å²) in [5.74, 6) is 0. The monoisotopic (exact) mass is 331 g/mol. The molecule has 25 heavy (non-hydrogen) atoms. The van der Waals surface area contributed by atoms with Gasteiger partial charge in [-0.15, -0.1) is 0 Å². The molecule has 0 bridgehead atoms. The van der Waals surface area contributed by atoms with Crippen LogP contribution in [0.2, 0.25) is 0 Å². The summed E-state index contributed by atoms with van der Waals surface area (Å²) in [4.78, 5) is 2.32. The fourth-order valence-corrected chi connectivity index (χ4v) is 3.12. The van der Waals surface area contributed by atoms with E-state index in [1.807, 2.05) is 30.3 Å². The van der Waals surface area contributed by atoms with E-state index in [9.17, 15) is 5.11 Å². The summed E-state index contributed by atoms with van der Waals surface area (Å²) in [6, 6.07) is 31.1. The SMILES string of the molecule is OC(Cc1ccccc1)CN(Cc1ccccc1)Cc1ccccc1. The van der Waals surface area contributed by atoms with Gasteiger partial charge in [0.25, 0.3) is 0 Å². The minimum absolute atomic E-state index is 0.380. The third kappa shape index (κ3) is 5.86. The molecule has 0 radical (unpaired) electrons. The summed E-state index contributed by atoms with van der Waals surface area (Å²) in [6.07, 6.45) is 0.302. The molecule has 0 heterocycles. The Bertz CT molecular complexity index is 686. The van der Waals surface area contributed by atoms with Gasteiger partial charge in [0.2, 0.25) is 0 Å². The van der Waals surface area contributed by atoms with Crippen LogP contribution in [0.4, 0.5) is 0 Å². The molecule has 128 valence electrons. The number of hydrogen-bond acceptors (Lipinski definition) is 2. The smallest absolute Gasteiger partial charge is 0.0707 e. The van der Waals surface area contributed by atoms with Crippen molar-refractivity contribution in [2.24, 2.45) is 0 Å². The van der Waals surface area contributed by atoms with Crippen LogP contribution in [0.5, 0.6) is 0 Å². The fourth-order valence-electron chi connectivity index (χ4n) is 3.12. The lowest BCUT2D eigenvalue weighted by Gasteiger charge is -2.25. The highest BCUT2D eigenvalue weighted by molar-refractivity contribution is 5.18. The number of aliphatic hydroxyl groups excluding tert-OH is 1. The van der Waals surface area contributed by atoms with E-state index in [2.05, 4.69) is 65.6 Å². The summed E-state index contributed by atoms with van der Waals surface area (Å²) in [7, 11) is 0. The van der Waals surface area contributed by atoms with Gasteiger partial charge in [-0.25, -0.2) is 0 Å². The van der Waals surface area contributed by atoms with E-state index < -0.39 is 0 Å². The number of nitrogens with zero attached hydrogens (tertiary/aromatic N) is 1. The Morgan fingerprint density at radius 3 is 1.44 bits per heavy atom. The zero-order chi connectivity index (χ0) is 17.3. The van der Waals surface area contributed by atoms with Crippen LogP contribution in [0.25, 0.3) is 0 Å². The molecule has 3 aromatic rings. The van der Waals surface area contributed by atoms with Crippen molar-refractivity contribution in [1.29, 1.82) is 0 Å². The molecule has 0 aliphatic heterocycles. The maximum Gasteiger partial charge on any atom is 0.0707 e. The minimum atomic E-state index is -0.380. The average Bonchev–Trinajstić information content (AvgIpc) is 2.64. The lowest BCUT2D eigenvalue weighted by atomic mass is 10.1. The van der Waals surface area contributed by atoms with Gasteiger partial charge in [-0.3, -0.25) is 4.90 Å². The van der Waals surface area contributed by atoms with E-state index >= 15 is 0 Å². The quantitative estimate of drug-likeness (QED) is 0.665. The van der Waals surface area contributed by atoms with E-state index in [0.29, 0.717) is 13.0 Å². The molecule has 3 rings (SSSR count). The number of benzene rings is 3. The molecule has 0 aliphatic rings. The van der Waals surface area contributed by atoms with Crippen LogP contribution in [0.15, 0.2) is 91.0 Å². The van der Waals surface area contributed by atoms with Crippen LogP contribution in [0.1, 0.15) is 16.7 Å². The van der Waals surface area contributed by atoms with E-state index in [1.54, 1.807) is 0 Å². The predicted octanol–water partition coefficient (Wildman–Crippen LogP) is 4.29. The molecule has 1 unspecified atom stereocenters. The van der Waals surface area contributed by atoms with Gasteiger partial charge in [-0.05, 0) is 23.1 Å². The first-order valence-electron chi connectivity index (χ1n) is 8.82. The molecule has 1 atom stereocenters. The van der Waals surface area contributed by atoms with Crippen molar-refractivity contribution in [3.8, 4) is 0 Å². The zero-order valence-corrected chi connectivity index (χ0v) is 14.5. The lowest BCUT2D eigenvalue weighted by Crippen LogP contribution is -2.33. The third-order valence-corrected chi connectivity index (χ3v) is 4.28. The van der Waals surface area contributed by atoms with Crippen LogP contribution < -0.4 is 0 Å². The van der Waals surface area contributed by atoms with Crippen molar-refractivity contribution in [2.75, 3.05) is 6.54 Å². The molecule has 0 aliphatic carbocycles. The van der Waals surface area contributed by atoms with Crippen molar-refractivity contribution >= 4 is 0 Å². The Balaban J connectivity index is 1.66. The standard InChI is InChI=1S/C23H25NO/c25-23(16-20-10-4-1-5-11-20)19-24(17-21-12-6-2-7-13-21)18-22-14-8-3-9-15-22/h1-15,23,25H,16-19H2. The minimum Gasteiger partial charge on any atom is -0.391 e. The van der Waals surface area contributed by atoms with Crippen LogP contribution in [0, 0.1) is 0 Å². The van der Waals surface area contributed by atoms with Gasteiger partial charge in [-0.1, -0.05) is 91.0 Å². The van der Waals surface area contributed by atoms with Crippen LogP contribution in [-0.2, 0) is 19.5 Å². The highest BCUT2D eigenvalue weighted by Gasteiger charge is 2.13. The second-order valence-electron chi connectivity index (χ2n) is 6.48. The van der Waals surface area contributed by atoms with Gasteiger partial charge in [0, 0.05) is 19.6 Å². The summed E-state index contributed by atoms with van der Waals surface area (Å²) >= 11 is 0. The predicted molar refractivity (Wildman–Crippen MR) is 103 cm³/mol. The van der Waals surface area contributed by atoms with Crippen LogP contribution in [0.3, 0.4) is 0 Å². The molecular formula is C23H25NO. The van der Waals surface area contributed by atoms with E-state index in [-0.39, 0.29) is 6.10 Å². The first-order chi connectivity index (χ1) is 12.3. The number of aliphatic hydroxyl groups is 1. The molecule has 2 nitrogen and oxygen atoms in total. The van der Waals surface area contributed by atoms with Crippen LogP contribution >= 0.6 is 0 Å². The van der Waals surface area contributed by atoms with E-state index in [0.717, 1.165) is 13.1 Å². The molecule has 0 spiro atoms. The Morgan fingerprint density at radius 2 is 1.00 bits per heavy atom. The second-order valence-corrected chi connectivity index (χ2v) is 6.48. The van der Waals surface area contributed by atoms with Gasteiger partial charge in [0.05, 0.1) is 6.10 Å². The van der Waals surface area contributed by atoms with Gasteiger partial charge < -0.3 is 5.11 Å². The molecule has 0 amide bonds. The summed E-state index contributed by atoms with van der Waals surface area (Å²) in [6.45, 7) is 2.32. The first-order valence-corrected chi connectivity index (χ1v) is 8.82. The van der Waals surface area contributed by atoms with Crippen molar-refractivity contribution in [2.45, 2.75) is 25.6 Å². The van der Waals surface area contributed by atoms with Gasteiger partial charge in [-0.2, -0.15) is 0 Å². The molecular weight excluding hydrogens is 306 g/mol. The Kier molecular flexibility index (Phi) is 6.38. The largest absolute Gasteiger partial charge is 0.391 e. The lowest BCUT2D eigenvalue weighted by molar-refractivity contribution is 0.104. The fraction of sp³-hybridized carbons (Fsp3) is 0.217. The Morgan fingerprint density at radius 1 is 0.600 bits per heavy atom. The molecule has 0 saturated carbocycles. The summed E-state index contributed by atoms with van der Waals surface area (Å²) in [5, 5.41) is 10.6. The Hall–Kier alpha value is -2.42. The van der Waals surface area contributed by atoms with Crippen molar-refractivity contribution < 1.29 is 5.11 Å². The van der Waals surface area contributed by atoms with Crippen LogP contribution in [-0.4, -0.2) is 22.7 Å². The molecule has 0 fully saturated rings. The van der Waals surface area contributed by atoms with E-state index in [1.165, 1.54) is 16.7 Å². The topological polar surface area (TPSA) is 23.5 Å². The van der Waals surface area contributed by atoms with Gasteiger partial charge in [0.1, 0.15) is 0 Å². The average molecular weight is 331 g/mol. The molecule has 3 aromatic carbocycles. The molecule has 0 aromatic heterocycles. The van der Waals surface area contributed by atoms with Crippen molar-refractivity contribution in [3.63, 3.8) is 0 Å². The van der Waals surface area contributed by atoms with Gasteiger partial charge >= 0.3 is 0 Å². The second kappa shape index (κ2) is 9.16. The molecule has 2 heteroatoms. The molecule has 0 saturated heterocycles. The number of rotatable bonds is 8. The molecule has 1 N–H and O–H groups in total. The highest BCUT2D eigenvalue weighted by atomic mass is 16.3. The first kappa shape index (κ1) is 17.4. The summed E-state index contributed by atoms with van der Waals surface area (Å²) in [5.41, 5.74) is 3.71. The van der Waals surface area contributed by atoms with Gasteiger partial charge in [0.15, 0.2) is 0 Å². The Labute approximate surface area is 150 Å². The van der Waals surface area contributed by atoms with E-state index in [4.69, 9.17) is 0 Å². The normalized spacial score (nSPS) is 12.2. The number of hydrogen-bond donors (Lipinski definition) is 1. The maximum atomic E-state index is 10.6. The zero-order valence-electron chi connectivity index (χ0n) is 14.5. The maximum absolute atomic E-state index is 10.6. The highest BCUT2D eigenvalue weighted by Crippen LogP contribution is 2.12. The van der Waals surface area contributed by atoms with Crippen molar-refractivity contribution in [3.05, 3.63) is 108 Å². The van der Waals surface area contributed by atoms with Crippen molar-refractivity contribution in [1.82, 2.24) is 4.90 Å². The third-order valence-electron chi connectivity index (χ3n) is 4.28. The summed E-state index contributed by atoms with van der Waals surface area (Å²) < 4.78 is 0.